The van der Waals surface area contributed by atoms with Crippen LogP contribution in [-0.2, 0) is 0 Å². The van der Waals surface area contributed by atoms with Crippen LogP contribution in [0.25, 0.3) is 22.4 Å². The van der Waals surface area contributed by atoms with Crippen LogP contribution in [0.2, 0.25) is 0 Å². The zero-order valence-electron chi connectivity index (χ0n) is 9.55. The lowest BCUT2D eigenvalue weighted by molar-refractivity contribution is 0.510. The average Bonchev–Trinajstić information content (AvgIpc) is 2.75. The van der Waals surface area contributed by atoms with Crippen molar-refractivity contribution in [1.29, 1.82) is 0 Å². The quantitative estimate of drug-likeness (QED) is 0.668. The minimum absolute atomic E-state index is 0.364. The van der Waals surface area contributed by atoms with Gasteiger partial charge in [-0.05, 0) is 18.2 Å². The van der Waals surface area contributed by atoms with Gasteiger partial charge in [0.05, 0.1) is 11.0 Å². The van der Waals surface area contributed by atoms with Gasteiger partial charge in [0.25, 0.3) is 0 Å². The summed E-state index contributed by atoms with van der Waals surface area (Å²) in [6.45, 7) is 0. The number of aromatic amines is 1. The first-order valence-electron chi connectivity index (χ1n) is 5.45. The Bertz CT molecular complexity index is 744. The lowest BCUT2D eigenvalue weighted by Gasteiger charge is -2.01. The first kappa shape index (κ1) is 12.1. The molecule has 3 N–H and O–H groups in total. The monoisotopic (exact) mass is 323 g/mol. The molecule has 3 nitrogen and oxygen atoms in total. The van der Waals surface area contributed by atoms with Crippen molar-refractivity contribution in [3.05, 3.63) is 46.4 Å². The summed E-state index contributed by atoms with van der Waals surface area (Å²) in [5.41, 5.74) is 7.84. The third-order valence-corrected chi connectivity index (χ3v) is 3.46. The van der Waals surface area contributed by atoms with Gasteiger partial charge < -0.3 is 10.7 Å². The van der Waals surface area contributed by atoms with E-state index in [1.807, 2.05) is 0 Å². The van der Waals surface area contributed by atoms with Crippen LogP contribution in [0.3, 0.4) is 0 Å². The number of aromatic nitrogens is 2. The van der Waals surface area contributed by atoms with Gasteiger partial charge in [0.15, 0.2) is 11.6 Å². The van der Waals surface area contributed by atoms with Crippen LogP contribution < -0.4 is 5.73 Å². The van der Waals surface area contributed by atoms with Gasteiger partial charge in [0.1, 0.15) is 5.82 Å². The van der Waals surface area contributed by atoms with E-state index >= 15 is 0 Å². The normalized spacial score (nSPS) is 11.1. The summed E-state index contributed by atoms with van der Waals surface area (Å²) in [6.07, 6.45) is 0. The van der Waals surface area contributed by atoms with E-state index in [0.29, 0.717) is 22.5 Å². The molecule has 0 spiro atoms. The molecule has 96 valence electrons. The standard InChI is InChI=1S/C13H8BrF2N3/c14-8-2-1-6(17)3-7(8)13-18-11-4-9(15)10(16)5-12(11)19-13/h1-5H,17H2,(H,18,19). The Kier molecular flexibility index (Phi) is 2.74. The fourth-order valence-electron chi connectivity index (χ4n) is 1.86. The number of imidazole rings is 1. The van der Waals surface area contributed by atoms with Crippen molar-refractivity contribution >= 4 is 32.7 Å². The van der Waals surface area contributed by atoms with Crippen molar-refractivity contribution in [1.82, 2.24) is 9.97 Å². The molecule has 6 heteroatoms. The van der Waals surface area contributed by atoms with Crippen LogP contribution >= 0.6 is 15.9 Å². The van der Waals surface area contributed by atoms with Gasteiger partial charge in [0.2, 0.25) is 0 Å². The number of nitrogens with zero attached hydrogens (tertiary/aromatic N) is 1. The zero-order valence-corrected chi connectivity index (χ0v) is 11.1. The summed E-state index contributed by atoms with van der Waals surface area (Å²) < 4.78 is 27.1. The Hall–Kier alpha value is -1.95. The minimum Gasteiger partial charge on any atom is -0.399 e. The van der Waals surface area contributed by atoms with Crippen molar-refractivity contribution in [3.8, 4) is 11.4 Å². The number of H-pyrrole nitrogens is 1. The van der Waals surface area contributed by atoms with Crippen molar-refractivity contribution in [3.63, 3.8) is 0 Å². The molecule has 1 aromatic heterocycles. The maximum absolute atomic E-state index is 13.2. The number of halogens is 3. The fraction of sp³-hybridized carbons (Fsp3) is 0. The van der Waals surface area contributed by atoms with E-state index in [2.05, 4.69) is 25.9 Å². The van der Waals surface area contributed by atoms with Crippen LogP contribution in [-0.4, -0.2) is 9.97 Å². The highest BCUT2D eigenvalue weighted by atomic mass is 79.9. The number of anilines is 1. The van der Waals surface area contributed by atoms with E-state index in [-0.39, 0.29) is 0 Å². The predicted molar refractivity (Wildman–Crippen MR) is 73.6 cm³/mol. The van der Waals surface area contributed by atoms with Crippen molar-refractivity contribution in [2.75, 3.05) is 5.73 Å². The molecular weight excluding hydrogens is 316 g/mol. The molecule has 0 aliphatic carbocycles. The molecule has 0 saturated carbocycles. The van der Waals surface area contributed by atoms with E-state index in [1.165, 1.54) is 0 Å². The van der Waals surface area contributed by atoms with Crippen LogP contribution in [0.4, 0.5) is 14.5 Å². The largest absolute Gasteiger partial charge is 0.399 e. The van der Waals surface area contributed by atoms with Crippen molar-refractivity contribution in [2.45, 2.75) is 0 Å². The highest BCUT2D eigenvalue weighted by Crippen LogP contribution is 2.30. The van der Waals surface area contributed by atoms with Gasteiger partial charge in [0, 0.05) is 27.9 Å². The number of fused-ring (bicyclic) bond motifs is 1. The number of nitrogens with one attached hydrogen (secondary N) is 1. The highest BCUT2D eigenvalue weighted by Gasteiger charge is 2.12. The number of benzene rings is 2. The molecule has 0 aliphatic rings. The third kappa shape index (κ3) is 2.08. The van der Waals surface area contributed by atoms with E-state index in [0.717, 1.165) is 22.2 Å². The van der Waals surface area contributed by atoms with Crippen LogP contribution in [0, 0.1) is 11.6 Å². The summed E-state index contributed by atoms with van der Waals surface area (Å²) in [5, 5.41) is 0. The number of nitrogens with two attached hydrogens (primary N) is 1. The maximum atomic E-state index is 13.2. The highest BCUT2D eigenvalue weighted by molar-refractivity contribution is 9.10. The molecule has 0 amide bonds. The second kappa shape index (κ2) is 4.31. The first-order valence-corrected chi connectivity index (χ1v) is 6.24. The summed E-state index contributed by atoms with van der Waals surface area (Å²) in [7, 11) is 0. The van der Waals surface area contributed by atoms with Gasteiger partial charge in [-0.15, -0.1) is 0 Å². The van der Waals surface area contributed by atoms with Gasteiger partial charge >= 0.3 is 0 Å². The lowest BCUT2D eigenvalue weighted by atomic mass is 10.2. The lowest BCUT2D eigenvalue weighted by Crippen LogP contribution is -1.88. The van der Waals surface area contributed by atoms with Crippen molar-refractivity contribution in [2.24, 2.45) is 0 Å². The van der Waals surface area contributed by atoms with Crippen LogP contribution in [0.15, 0.2) is 34.8 Å². The van der Waals surface area contributed by atoms with Crippen LogP contribution in [0.5, 0.6) is 0 Å². The Morgan fingerprint density at radius 2 is 1.84 bits per heavy atom. The third-order valence-electron chi connectivity index (χ3n) is 2.77. The van der Waals surface area contributed by atoms with Crippen molar-refractivity contribution < 1.29 is 8.78 Å². The molecule has 0 aliphatic heterocycles. The van der Waals surface area contributed by atoms with E-state index in [1.54, 1.807) is 18.2 Å². The molecule has 1 heterocycles. The predicted octanol–water partition coefficient (Wildman–Crippen LogP) is 3.85. The van der Waals surface area contributed by atoms with E-state index in [4.69, 9.17) is 5.73 Å². The number of hydrogen-bond acceptors (Lipinski definition) is 2. The smallest absolute Gasteiger partial charge is 0.161 e. The summed E-state index contributed by atoms with van der Waals surface area (Å²) in [5.74, 6) is -1.33. The number of rotatable bonds is 1. The molecule has 19 heavy (non-hydrogen) atoms. The topological polar surface area (TPSA) is 54.7 Å². The number of hydrogen-bond donors (Lipinski definition) is 2. The Labute approximate surface area is 115 Å². The molecule has 3 rings (SSSR count). The van der Waals surface area contributed by atoms with Gasteiger partial charge in [-0.1, -0.05) is 15.9 Å². The van der Waals surface area contributed by atoms with E-state index < -0.39 is 11.6 Å². The Morgan fingerprint density at radius 1 is 1.11 bits per heavy atom. The molecule has 0 atom stereocenters. The summed E-state index contributed by atoms with van der Waals surface area (Å²) >= 11 is 3.39. The maximum Gasteiger partial charge on any atom is 0.161 e. The first-order chi connectivity index (χ1) is 9.04. The Morgan fingerprint density at radius 3 is 2.63 bits per heavy atom. The van der Waals surface area contributed by atoms with Gasteiger partial charge in [-0.3, -0.25) is 0 Å². The SMILES string of the molecule is Nc1ccc(Br)c(-c2nc3cc(F)c(F)cc3[nH]2)c1. The van der Waals surface area contributed by atoms with Crippen LogP contribution in [0.1, 0.15) is 0 Å². The molecule has 3 aromatic rings. The van der Waals surface area contributed by atoms with Gasteiger partial charge in [-0.25, -0.2) is 13.8 Å². The molecule has 0 fully saturated rings. The molecular formula is C13H8BrF2N3. The Balaban J connectivity index is 2.23. The van der Waals surface area contributed by atoms with Gasteiger partial charge in [-0.2, -0.15) is 0 Å². The summed E-state index contributed by atoms with van der Waals surface area (Å²) in [6, 6.07) is 7.41. The molecule has 0 saturated heterocycles. The second-order valence-corrected chi connectivity index (χ2v) is 4.96. The molecule has 0 bridgehead atoms. The fourth-order valence-corrected chi connectivity index (χ4v) is 2.29. The number of nitrogen functional groups attached to an aromatic ring is 1. The molecule has 2 aromatic carbocycles. The van der Waals surface area contributed by atoms with E-state index in [9.17, 15) is 8.78 Å². The average molecular weight is 324 g/mol. The second-order valence-electron chi connectivity index (χ2n) is 4.11. The minimum atomic E-state index is -0.919. The molecule has 0 radical (unpaired) electrons. The molecule has 0 unspecified atom stereocenters. The zero-order chi connectivity index (χ0) is 13.6. The summed E-state index contributed by atoms with van der Waals surface area (Å²) in [4.78, 5) is 7.18.